The van der Waals surface area contributed by atoms with E-state index >= 15 is 0 Å². The predicted molar refractivity (Wildman–Crippen MR) is 27.8 cm³/mol. The quantitative estimate of drug-likeness (QED) is 0.504. The van der Waals surface area contributed by atoms with E-state index in [1.54, 1.807) is 6.20 Å². The summed E-state index contributed by atoms with van der Waals surface area (Å²) in [6.45, 7) is 0. The average molecular weight is 192 g/mol. The maximum Gasteiger partial charge on any atom is 0.180 e. The molecule has 0 aromatic carbocycles. The molecular formula is C3H7NOSn. The second kappa shape index (κ2) is 3.21. The Morgan fingerprint density at radius 2 is 2.33 bits per heavy atom. The predicted octanol–water partition coefficient (Wildman–Crippen LogP) is -0.777. The van der Waals surface area contributed by atoms with Crippen molar-refractivity contribution in [1.82, 2.24) is 4.98 Å². The number of rotatable bonds is 0. The zero-order valence-electron chi connectivity index (χ0n) is 2.59. The Balaban J connectivity index is 0.000000250. The average Bonchev–Trinajstić information content (AvgIpc) is 1.76. The Bertz CT molecular complexity index is 67.3. The van der Waals surface area contributed by atoms with Crippen LogP contribution in [0.15, 0.2) is 23.3 Å². The summed E-state index contributed by atoms with van der Waals surface area (Å²) < 4.78 is 4.47. The smallest absolute Gasteiger partial charge is 0.180 e. The van der Waals surface area contributed by atoms with Crippen LogP contribution in [0.4, 0.5) is 0 Å². The van der Waals surface area contributed by atoms with Gasteiger partial charge in [0, 0.05) is 0 Å². The zero-order chi connectivity index (χ0) is 3.54. The first-order chi connectivity index (χ1) is 2.50. The third-order valence-corrected chi connectivity index (χ3v) is 0.347. The van der Waals surface area contributed by atoms with Crippen molar-refractivity contribution in [3.8, 4) is 0 Å². The van der Waals surface area contributed by atoms with Crippen molar-refractivity contribution in [1.29, 1.82) is 0 Å². The largest absolute Gasteiger partial charge is 0.452 e. The minimum absolute atomic E-state index is 0. The maximum atomic E-state index is 4.47. The van der Waals surface area contributed by atoms with E-state index in [4.69, 9.17) is 0 Å². The van der Waals surface area contributed by atoms with E-state index in [9.17, 15) is 0 Å². The van der Waals surface area contributed by atoms with Gasteiger partial charge in [0.25, 0.3) is 0 Å². The van der Waals surface area contributed by atoms with Crippen LogP contribution in [0.2, 0.25) is 0 Å². The molecule has 0 aliphatic rings. The molecule has 0 saturated carbocycles. The molecule has 3 heteroatoms. The van der Waals surface area contributed by atoms with Gasteiger partial charge in [-0.1, -0.05) is 0 Å². The second-order valence-electron chi connectivity index (χ2n) is 0.676. The van der Waals surface area contributed by atoms with Crippen LogP contribution in [0.3, 0.4) is 0 Å². The van der Waals surface area contributed by atoms with Gasteiger partial charge < -0.3 is 4.42 Å². The van der Waals surface area contributed by atoms with E-state index in [1.165, 1.54) is 12.7 Å². The SMILES string of the molecule is [SnH4].c1cocn1. The molecule has 0 fully saturated rings. The molecule has 34 valence electrons. The topological polar surface area (TPSA) is 26.0 Å². The molecule has 1 aromatic heterocycles. The van der Waals surface area contributed by atoms with Crippen LogP contribution in [0, 0.1) is 0 Å². The van der Waals surface area contributed by atoms with Crippen molar-refractivity contribution in [2.24, 2.45) is 0 Å². The fourth-order valence-corrected chi connectivity index (χ4v) is 0.176. The van der Waals surface area contributed by atoms with Gasteiger partial charge in [-0.25, -0.2) is 4.98 Å². The van der Waals surface area contributed by atoms with Gasteiger partial charge in [0.05, 0.1) is 6.20 Å². The van der Waals surface area contributed by atoms with Crippen LogP contribution < -0.4 is 0 Å². The third-order valence-electron chi connectivity index (χ3n) is 0.347. The van der Waals surface area contributed by atoms with Crippen molar-refractivity contribution in [2.75, 3.05) is 0 Å². The molecule has 2 nitrogen and oxygen atoms in total. The van der Waals surface area contributed by atoms with E-state index in [0.717, 1.165) is 0 Å². The van der Waals surface area contributed by atoms with Crippen LogP contribution in [-0.2, 0) is 0 Å². The Labute approximate surface area is 52.5 Å². The van der Waals surface area contributed by atoms with Gasteiger partial charge in [-0.3, -0.25) is 0 Å². The zero-order valence-corrected chi connectivity index (χ0v) is 2.59. The van der Waals surface area contributed by atoms with Crippen LogP contribution in [0.1, 0.15) is 0 Å². The molecule has 0 spiro atoms. The molecule has 0 radical (unpaired) electrons. The summed E-state index contributed by atoms with van der Waals surface area (Å²) in [6, 6.07) is 0. The van der Waals surface area contributed by atoms with E-state index in [-0.39, 0.29) is 23.9 Å². The molecule has 0 aliphatic heterocycles. The van der Waals surface area contributed by atoms with Gasteiger partial charge in [0.15, 0.2) is 6.39 Å². The van der Waals surface area contributed by atoms with Crippen LogP contribution in [0.25, 0.3) is 0 Å². The van der Waals surface area contributed by atoms with Crippen LogP contribution in [0.5, 0.6) is 0 Å². The minimum atomic E-state index is 0. The minimum Gasteiger partial charge on any atom is -0.452 e. The third kappa shape index (κ3) is 1.45. The number of oxazole rings is 1. The number of aromatic nitrogens is 1. The number of hydrogen-bond acceptors (Lipinski definition) is 2. The molecule has 1 rings (SSSR count). The van der Waals surface area contributed by atoms with Gasteiger partial charge in [-0.05, 0) is 0 Å². The molecule has 1 heterocycles. The molecule has 0 bridgehead atoms. The number of hydrogen-bond donors (Lipinski definition) is 0. The van der Waals surface area contributed by atoms with Crippen LogP contribution in [-0.4, -0.2) is 28.9 Å². The van der Waals surface area contributed by atoms with Crippen LogP contribution >= 0.6 is 0 Å². The van der Waals surface area contributed by atoms with E-state index in [2.05, 4.69) is 9.40 Å². The molecule has 0 amide bonds. The monoisotopic (exact) mass is 193 g/mol. The van der Waals surface area contributed by atoms with Crippen molar-refractivity contribution in [3.05, 3.63) is 18.9 Å². The van der Waals surface area contributed by atoms with E-state index in [1.807, 2.05) is 0 Å². The fourth-order valence-electron chi connectivity index (χ4n) is 0.176. The van der Waals surface area contributed by atoms with Crippen molar-refractivity contribution >= 4 is 23.9 Å². The summed E-state index contributed by atoms with van der Waals surface area (Å²) in [7, 11) is 0. The van der Waals surface area contributed by atoms with E-state index < -0.39 is 0 Å². The first-order valence-corrected chi connectivity index (χ1v) is 1.32. The van der Waals surface area contributed by atoms with Gasteiger partial charge >= 0.3 is 23.9 Å². The summed E-state index contributed by atoms with van der Waals surface area (Å²) >= 11 is 0. The van der Waals surface area contributed by atoms with Gasteiger partial charge in [-0.2, -0.15) is 0 Å². The second-order valence-corrected chi connectivity index (χ2v) is 0.676. The molecule has 0 aliphatic carbocycles. The molecule has 0 atom stereocenters. The summed E-state index contributed by atoms with van der Waals surface area (Å²) in [5.74, 6) is 0. The van der Waals surface area contributed by atoms with E-state index in [0.29, 0.717) is 0 Å². The molecule has 0 unspecified atom stereocenters. The molecule has 0 N–H and O–H groups in total. The first kappa shape index (κ1) is 6.01. The standard InChI is InChI=1S/C3H3NO.Sn.4H/c1-2-5-3-4-1;;;;;/h1-3H;;;;;. The van der Waals surface area contributed by atoms with Gasteiger partial charge in [-0.15, -0.1) is 0 Å². The summed E-state index contributed by atoms with van der Waals surface area (Å²) in [4.78, 5) is 3.56. The Hall–Kier alpha value is 0.00870. The first-order valence-electron chi connectivity index (χ1n) is 1.32. The van der Waals surface area contributed by atoms with Crippen molar-refractivity contribution < 1.29 is 4.42 Å². The maximum absolute atomic E-state index is 4.47. The molecular weight excluding hydrogens is 185 g/mol. The van der Waals surface area contributed by atoms with Gasteiger partial charge in [0.1, 0.15) is 6.26 Å². The summed E-state index contributed by atoms with van der Waals surface area (Å²) in [5.41, 5.74) is 0. The Morgan fingerprint density at radius 3 is 2.50 bits per heavy atom. The number of nitrogens with zero attached hydrogens (tertiary/aromatic N) is 1. The molecule has 1 aromatic rings. The molecule has 0 saturated heterocycles. The van der Waals surface area contributed by atoms with Crippen molar-refractivity contribution in [2.45, 2.75) is 0 Å². The summed E-state index contributed by atoms with van der Waals surface area (Å²) in [6.07, 6.45) is 4.47. The van der Waals surface area contributed by atoms with Gasteiger partial charge in [0.2, 0.25) is 0 Å². The normalized spacial score (nSPS) is 6.67. The van der Waals surface area contributed by atoms with Crippen molar-refractivity contribution in [3.63, 3.8) is 0 Å². The molecule has 6 heavy (non-hydrogen) atoms. The summed E-state index contributed by atoms with van der Waals surface area (Å²) in [5, 5.41) is 0. The Kier molecular flexibility index (Phi) is 3.21. The Morgan fingerprint density at radius 1 is 1.50 bits per heavy atom. The fraction of sp³-hybridized carbons (Fsp3) is 0.